The summed E-state index contributed by atoms with van der Waals surface area (Å²) in [6, 6.07) is 5.92. The van der Waals surface area contributed by atoms with Crippen LogP contribution in [0.2, 0.25) is 0 Å². The average Bonchev–Trinajstić information content (AvgIpc) is 2.82. The highest BCUT2D eigenvalue weighted by molar-refractivity contribution is 7.09. The molecular weight excluding hydrogens is 246 g/mol. The minimum Gasteiger partial charge on any atom is -0.295 e. The van der Waals surface area contributed by atoms with Crippen LogP contribution in [-0.4, -0.2) is 15.9 Å². The lowest BCUT2D eigenvalue weighted by Crippen LogP contribution is -2.14. The number of hydrogen-bond acceptors (Lipinski definition) is 4. The van der Waals surface area contributed by atoms with Crippen LogP contribution in [0.5, 0.6) is 0 Å². The molecule has 0 radical (unpaired) electrons. The van der Waals surface area contributed by atoms with Gasteiger partial charge in [-0.25, -0.2) is 9.97 Å². The van der Waals surface area contributed by atoms with E-state index in [-0.39, 0.29) is 5.91 Å². The first-order chi connectivity index (χ1) is 8.74. The molecule has 2 aromatic rings. The number of carbonyl (C=O) groups is 1. The van der Waals surface area contributed by atoms with Crippen LogP contribution in [0.1, 0.15) is 23.4 Å². The number of aryl methyl sites for hydroxylation is 2. The molecule has 4 nitrogen and oxygen atoms in total. The lowest BCUT2D eigenvalue weighted by atomic mass is 10.2. The van der Waals surface area contributed by atoms with Crippen LogP contribution < -0.4 is 5.32 Å². The van der Waals surface area contributed by atoms with Crippen molar-refractivity contribution in [3.8, 4) is 0 Å². The first-order valence-electron chi connectivity index (χ1n) is 5.86. The van der Waals surface area contributed by atoms with Crippen molar-refractivity contribution in [2.45, 2.75) is 26.2 Å². The maximum absolute atomic E-state index is 11.7. The van der Waals surface area contributed by atoms with E-state index < -0.39 is 0 Å². The van der Waals surface area contributed by atoms with E-state index in [0.717, 1.165) is 18.5 Å². The molecule has 0 saturated heterocycles. The van der Waals surface area contributed by atoms with Gasteiger partial charge in [0.1, 0.15) is 0 Å². The van der Waals surface area contributed by atoms with E-state index in [1.165, 1.54) is 4.88 Å². The topological polar surface area (TPSA) is 54.9 Å². The van der Waals surface area contributed by atoms with E-state index in [2.05, 4.69) is 26.7 Å². The highest BCUT2D eigenvalue weighted by Gasteiger charge is 2.04. The molecule has 0 aliphatic rings. The summed E-state index contributed by atoms with van der Waals surface area (Å²) in [6.45, 7) is 1.87. The highest BCUT2D eigenvalue weighted by atomic mass is 32.1. The highest BCUT2D eigenvalue weighted by Crippen LogP contribution is 2.12. The van der Waals surface area contributed by atoms with Crippen LogP contribution in [-0.2, 0) is 11.2 Å². The smallest absolute Gasteiger partial charge is 0.229 e. The van der Waals surface area contributed by atoms with Crippen molar-refractivity contribution in [1.29, 1.82) is 0 Å². The maximum Gasteiger partial charge on any atom is 0.229 e. The summed E-state index contributed by atoms with van der Waals surface area (Å²) in [5.74, 6) is 0.355. The number of rotatable bonds is 5. The van der Waals surface area contributed by atoms with Gasteiger partial charge in [-0.1, -0.05) is 6.07 Å². The van der Waals surface area contributed by atoms with Crippen molar-refractivity contribution in [3.63, 3.8) is 0 Å². The molecule has 94 valence electrons. The standard InChI is InChI=1S/C13H15N3OS/c1-10-7-8-14-13(15-10)16-12(17)6-2-4-11-5-3-9-18-11/h3,5,7-9H,2,4,6H2,1H3,(H,14,15,16,17). The van der Waals surface area contributed by atoms with E-state index in [0.29, 0.717) is 12.4 Å². The monoisotopic (exact) mass is 261 g/mol. The SMILES string of the molecule is Cc1ccnc(NC(=O)CCCc2cccs2)n1. The van der Waals surface area contributed by atoms with Gasteiger partial charge in [0.2, 0.25) is 11.9 Å². The molecule has 2 aromatic heterocycles. The number of aromatic nitrogens is 2. The Kier molecular flexibility index (Phi) is 4.41. The molecule has 0 unspecified atom stereocenters. The largest absolute Gasteiger partial charge is 0.295 e. The van der Waals surface area contributed by atoms with E-state index in [1.54, 1.807) is 23.6 Å². The van der Waals surface area contributed by atoms with Gasteiger partial charge in [-0.2, -0.15) is 0 Å². The zero-order chi connectivity index (χ0) is 12.8. The minimum absolute atomic E-state index is 0.0304. The van der Waals surface area contributed by atoms with Crippen molar-refractivity contribution < 1.29 is 4.79 Å². The van der Waals surface area contributed by atoms with E-state index >= 15 is 0 Å². The summed E-state index contributed by atoms with van der Waals surface area (Å²) in [5.41, 5.74) is 0.846. The third kappa shape index (κ3) is 3.92. The van der Waals surface area contributed by atoms with Crippen molar-refractivity contribution in [1.82, 2.24) is 9.97 Å². The number of carbonyl (C=O) groups excluding carboxylic acids is 1. The maximum atomic E-state index is 11.7. The van der Waals surface area contributed by atoms with Gasteiger partial charge in [0.15, 0.2) is 0 Å². The third-order valence-corrected chi connectivity index (χ3v) is 3.39. The fourth-order valence-electron chi connectivity index (χ4n) is 1.57. The van der Waals surface area contributed by atoms with Gasteiger partial charge >= 0.3 is 0 Å². The lowest BCUT2D eigenvalue weighted by molar-refractivity contribution is -0.116. The van der Waals surface area contributed by atoms with Crippen molar-refractivity contribution in [2.75, 3.05) is 5.32 Å². The molecule has 0 aliphatic heterocycles. The summed E-state index contributed by atoms with van der Waals surface area (Å²) >= 11 is 1.72. The quantitative estimate of drug-likeness (QED) is 0.900. The fraction of sp³-hybridized carbons (Fsp3) is 0.308. The zero-order valence-corrected chi connectivity index (χ0v) is 11.0. The Morgan fingerprint density at radius 3 is 3.06 bits per heavy atom. The zero-order valence-electron chi connectivity index (χ0n) is 10.2. The fourth-order valence-corrected chi connectivity index (χ4v) is 2.33. The van der Waals surface area contributed by atoms with E-state index in [9.17, 15) is 4.79 Å². The Bertz CT molecular complexity index is 511. The molecule has 0 bridgehead atoms. The summed E-state index contributed by atoms with van der Waals surface area (Å²) in [7, 11) is 0. The second kappa shape index (κ2) is 6.26. The van der Waals surface area contributed by atoms with Crippen LogP contribution in [0, 0.1) is 6.92 Å². The van der Waals surface area contributed by atoms with Crippen molar-refractivity contribution in [2.24, 2.45) is 0 Å². The van der Waals surface area contributed by atoms with E-state index in [1.807, 2.05) is 13.0 Å². The molecule has 1 amide bonds. The molecule has 1 N–H and O–H groups in total. The van der Waals surface area contributed by atoms with Gasteiger partial charge in [0.05, 0.1) is 0 Å². The molecule has 0 saturated carbocycles. The summed E-state index contributed by atoms with van der Waals surface area (Å²) in [4.78, 5) is 21.1. The first kappa shape index (κ1) is 12.7. The molecule has 2 rings (SSSR count). The molecule has 0 fully saturated rings. The predicted octanol–water partition coefficient (Wildman–Crippen LogP) is 2.81. The van der Waals surface area contributed by atoms with Crippen LogP contribution in [0.4, 0.5) is 5.95 Å². The second-order valence-electron chi connectivity index (χ2n) is 4.00. The predicted molar refractivity (Wildman–Crippen MR) is 72.7 cm³/mol. The van der Waals surface area contributed by atoms with Gasteiger partial charge < -0.3 is 0 Å². The number of nitrogens with one attached hydrogen (secondary N) is 1. The molecule has 0 atom stereocenters. The lowest BCUT2D eigenvalue weighted by Gasteiger charge is -2.03. The Labute approximate surface area is 110 Å². The number of anilines is 1. The Balaban J connectivity index is 1.75. The van der Waals surface area contributed by atoms with Crippen LogP contribution >= 0.6 is 11.3 Å². The molecule has 0 aromatic carbocycles. The van der Waals surface area contributed by atoms with Gasteiger partial charge in [-0.15, -0.1) is 11.3 Å². The third-order valence-electron chi connectivity index (χ3n) is 2.45. The van der Waals surface area contributed by atoms with Crippen molar-refractivity contribution >= 4 is 23.2 Å². The van der Waals surface area contributed by atoms with Crippen LogP contribution in [0.25, 0.3) is 0 Å². The minimum atomic E-state index is -0.0304. The van der Waals surface area contributed by atoms with Gasteiger partial charge in [-0.05, 0) is 37.3 Å². The molecule has 0 spiro atoms. The molecule has 5 heteroatoms. The number of amides is 1. The van der Waals surface area contributed by atoms with Crippen LogP contribution in [0.15, 0.2) is 29.8 Å². The molecule has 0 aliphatic carbocycles. The Morgan fingerprint density at radius 2 is 2.33 bits per heavy atom. The average molecular weight is 261 g/mol. The van der Waals surface area contributed by atoms with Gasteiger partial charge in [0.25, 0.3) is 0 Å². The van der Waals surface area contributed by atoms with Gasteiger partial charge in [0, 0.05) is 23.2 Å². The molecular formula is C13H15N3OS. The van der Waals surface area contributed by atoms with Crippen LogP contribution in [0.3, 0.4) is 0 Å². The summed E-state index contributed by atoms with van der Waals surface area (Å²) < 4.78 is 0. The van der Waals surface area contributed by atoms with E-state index in [4.69, 9.17) is 0 Å². The molecule has 2 heterocycles. The summed E-state index contributed by atoms with van der Waals surface area (Å²) in [6.07, 6.45) is 3.93. The number of nitrogens with zero attached hydrogens (tertiary/aromatic N) is 2. The number of thiophene rings is 1. The van der Waals surface area contributed by atoms with Crippen molar-refractivity contribution in [3.05, 3.63) is 40.3 Å². The van der Waals surface area contributed by atoms with Gasteiger partial charge in [-0.3, -0.25) is 10.1 Å². The summed E-state index contributed by atoms with van der Waals surface area (Å²) in [5, 5.41) is 4.76. The number of hydrogen-bond donors (Lipinski definition) is 1. The Hall–Kier alpha value is -1.75. The normalized spacial score (nSPS) is 10.3. The second-order valence-corrected chi connectivity index (χ2v) is 5.03. The Morgan fingerprint density at radius 1 is 1.44 bits per heavy atom. The first-order valence-corrected chi connectivity index (χ1v) is 6.74. The molecule has 18 heavy (non-hydrogen) atoms.